The molecule has 1 aromatic carbocycles. The van der Waals surface area contributed by atoms with Gasteiger partial charge in [0.25, 0.3) is 5.91 Å². The molecule has 2 atom stereocenters. The van der Waals surface area contributed by atoms with Crippen LogP contribution in [0.15, 0.2) is 41.3 Å². The Morgan fingerprint density at radius 1 is 1.21 bits per heavy atom. The first-order chi connectivity index (χ1) is 20.5. The van der Waals surface area contributed by atoms with Crippen LogP contribution in [0, 0.1) is 12.7 Å². The summed E-state index contributed by atoms with van der Waals surface area (Å²) in [6.07, 6.45) is 4.54. The van der Waals surface area contributed by atoms with Crippen LogP contribution in [-0.4, -0.2) is 62.3 Å². The number of ether oxygens (including phenoxy) is 2. The molecular weight excluding hydrogens is 557 g/mol. The first-order valence-electron chi connectivity index (χ1n) is 14.5. The molecule has 1 saturated carbocycles. The van der Waals surface area contributed by atoms with Gasteiger partial charge in [-0.25, -0.2) is 19.2 Å². The second-order valence-electron chi connectivity index (χ2n) is 12.1. The Morgan fingerprint density at radius 2 is 2.00 bits per heavy atom. The SMILES string of the molecule is Cc1ncoc1COc1cc2c(cc1F)C[C@@H]([C@H](O)CNC(=O)c1ccnc(NC3CCC3)c1)N(C(=O)OC(C)(C)C)C2. The third kappa shape index (κ3) is 7.42. The van der Waals surface area contributed by atoms with E-state index in [0.29, 0.717) is 40.0 Å². The number of benzene rings is 1. The van der Waals surface area contributed by atoms with Gasteiger partial charge in [-0.05, 0) is 88.8 Å². The molecule has 1 aliphatic heterocycles. The lowest BCUT2D eigenvalue weighted by atomic mass is 9.90. The van der Waals surface area contributed by atoms with Crippen molar-refractivity contribution in [3.8, 4) is 5.75 Å². The number of hydrogen-bond acceptors (Lipinski definition) is 9. The fourth-order valence-corrected chi connectivity index (χ4v) is 5.04. The highest BCUT2D eigenvalue weighted by molar-refractivity contribution is 5.94. The smallest absolute Gasteiger partial charge is 0.410 e. The Hall–Kier alpha value is -4.19. The number of rotatable bonds is 9. The summed E-state index contributed by atoms with van der Waals surface area (Å²) in [5.74, 6) is 0.156. The Bertz CT molecular complexity index is 1470. The average Bonchev–Trinajstić information content (AvgIpc) is 3.35. The fraction of sp³-hybridized carbons (Fsp3) is 0.484. The van der Waals surface area contributed by atoms with Gasteiger partial charge in [-0.1, -0.05) is 0 Å². The normalized spacial score (nSPS) is 17.4. The summed E-state index contributed by atoms with van der Waals surface area (Å²) in [7, 11) is 0. The summed E-state index contributed by atoms with van der Waals surface area (Å²) in [6, 6.07) is 5.77. The first-order valence-corrected chi connectivity index (χ1v) is 14.5. The quantitative estimate of drug-likeness (QED) is 0.326. The number of nitrogens with zero attached hydrogens (tertiary/aromatic N) is 3. The van der Waals surface area contributed by atoms with E-state index >= 15 is 4.39 Å². The monoisotopic (exact) mass is 595 g/mol. The first kappa shape index (κ1) is 30.3. The maximum atomic E-state index is 15.1. The Labute approximate surface area is 249 Å². The molecule has 11 nitrogen and oxygen atoms in total. The predicted molar refractivity (Wildman–Crippen MR) is 155 cm³/mol. The lowest BCUT2D eigenvalue weighted by Gasteiger charge is -2.40. The molecule has 5 rings (SSSR count). The highest BCUT2D eigenvalue weighted by Gasteiger charge is 2.37. The second-order valence-corrected chi connectivity index (χ2v) is 12.1. The van der Waals surface area contributed by atoms with Gasteiger partial charge in [0.1, 0.15) is 18.0 Å². The number of aromatic nitrogens is 2. The van der Waals surface area contributed by atoms with Crippen molar-refractivity contribution in [3.63, 3.8) is 0 Å². The molecular formula is C31H38FN5O6. The van der Waals surface area contributed by atoms with E-state index in [1.165, 1.54) is 23.8 Å². The summed E-state index contributed by atoms with van der Waals surface area (Å²) in [5.41, 5.74) is 1.55. The van der Waals surface area contributed by atoms with Crippen LogP contribution in [0.1, 0.15) is 73.0 Å². The molecule has 0 saturated heterocycles. The number of aryl methyl sites for hydroxylation is 1. The van der Waals surface area contributed by atoms with Gasteiger partial charge in [0.05, 0.1) is 17.8 Å². The van der Waals surface area contributed by atoms with E-state index in [0.717, 1.165) is 12.8 Å². The summed E-state index contributed by atoms with van der Waals surface area (Å²) in [5, 5.41) is 17.3. The molecule has 12 heteroatoms. The minimum absolute atomic E-state index is 0.00598. The van der Waals surface area contributed by atoms with Crippen molar-refractivity contribution in [3.05, 3.63) is 70.8 Å². The molecule has 2 aliphatic rings. The van der Waals surface area contributed by atoms with Gasteiger partial charge in [-0.3, -0.25) is 9.69 Å². The van der Waals surface area contributed by atoms with Crippen molar-refractivity contribution in [2.24, 2.45) is 0 Å². The number of halogens is 1. The van der Waals surface area contributed by atoms with Crippen molar-refractivity contribution >= 4 is 17.8 Å². The molecule has 3 heterocycles. The lowest BCUT2D eigenvalue weighted by molar-refractivity contribution is -0.0114. The third-order valence-electron chi connectivity index (χ3n) is 7.65. The molecule has 0 spiro atoms. The van der Waals surface area contributed by atoms with Crippen LogP contribution in [0.5, 0.6) is 5.75 Å². The van der Waals surface area contributed by atoms with Crippen LogP contribution in [0.3, 0.4) is 0 Å². The van der Waals surface area contributed by atoms with E-state index < -0.39 is 29.7 Å². The zero-order valence-electron chi connectivity index (χ0n) is 24.9. The van der Waals surface area contributed by atoms with Crippen molar-refractivity contribution in [2.45, 2.75) is 90.3 Å². The van der Waals surface area contributed by atoms with Crippen LogP contribution in [0.2, 0.25) is 0 Å². The van der Waals surface area contributed by atoms with E-state index in [2.05, 4.69) is 20.6 Å². The van der Waals surface area contributed by atoms with E-state index in [1.807, 2.05) is 0 Å². The number of nitrogens with one attached hydrogen (secondary N) is 2. The summed E-state index contributed by atoms with van der Waals surface area (Å²) in [6.45, 7) is 6.94. The molecule has 0 unspecified atom stereocenters. The van der Waals surface area contributed by atoms with Gasteiger partial charge in [-0.2, -0.15) is 0 Å². The van der Waals surface area contributed by atoms with Crippen LogP contribution >= 0.6 is 0 Å². The number of oxazole rings is 1. The Morgan fingerprint density at radius 3 is 2.67 bits per heavy atom. The van der Waals surface area contributed by atoms with Gasteiger partial charge in [0.15, 0.2) is 23.7 Å². The zero-order chi connectivity index (χ0) is 30.7. The lowest BCUT2D eigenvalue weighted by Crippen LogP contribution is -2.54. The van der Waals surface area contributed by atoms with Gasteiger partial charge in [0.2, 0.25) is 0 Å². The largest absolute Gasteiger partial charge is 0.482 e. The molecule has 43 heavy (non-hydrogen) atoms. The summed E-state index contributed by atoms with van der Waals surface area (Å²) < 4.78 is 31.7. The molecule has 2 amide bonds. The average molecular weight is 596 g/mol. The minimum atomic E-state index is -1.16. The van der Waals surface area contributed by atoms with Crippen LogP contribution in [0.4, 0.5) is 15.0 Å². The van der Waals surface area contributed by atoms with E-state index in [1.54, 1.807) is 52.1 Å². The van der Waals surface area contributed by atoms with Gasteiger partial charge < -0.3 is 29.6 Å². The summed E-state index contributed by atoms with van der Waals surface area (Å²) in [4.78, 5) is 36.0. The molecule has 3 aromatic rings. The van der Waals surface area contributed by atoms with Gasteiger partial charge in [-0.15, -0.1) is 0 Å². The number of fused-ring (bicyclic) bond motifs is 1. The van der Waals surface area contributed by atoms with Crippen LogP contribution in [0.25, 0.3) is 0 Å². The highest BCUT2D eigenvalue weighted by Crippen LogP contribution is 2.32. The molecule has 1 aliphatic carbocycles. The van der Waals surface area contributed by atoms with Gasteiger partial charge in [0, 0.05) is 30.9 Å². The predicted octanol–water partition coefficient (Wildman–Crippen LogP) is 4.51. The van der Waals surface area contributed by atoms with Crippen molar-refractivity contribution in [1.29, 1.82) is 0 Å². The molecule has 2 aromatic heterocycles. The van der Waals surface area contributed by atoms with E-state index in [9.17, 15) is 14.7 Å². The van der Waals surface area contributed by atoms with Crippen molar-refractivity contribution < 1.29 is 33.0 Å². The number of aliphatic hydroxyl groups is 1. The third-order valence-corrected chi connectivity index (χ3v) is 7.65. The van der Waals surface area contributed by atoms with E-state index in [4.69, 9.17) is 13.9 Å². The minimum Gasteiger partial charge on any atom is -0.482 e. The number of carbonyl (C=O) groups is 2. The molecule has 0 bridgehead atoms. The summed E-state index contributed by atoms with van der Waals surface area (Å²) >= 11 is 0. The number of anilines is 1. The van der Waals surface area contributed by atoms with Gasteiger partial charge >= 0.3 is 6.09 Å². The molecule has 1 fully saturated rings. The number of pyridine rings is 1. The van der Waals surface area contributed by atoms with Crippen LogP contribution < -0.4 is 15.4 Å². The topological polar surface area (TPSA) is 139 Å². The number of aliphatic hydroxyl groups excluding tert-OH is 1. The standard InChI is InChI=1S/C31H38FN5O6/c1-18-27(42-17-35-18)16-41-26-12-21-15-37(30(40)43-31(2,3)4)24(11-20(21)10-23(26)32)25(38)14-34-29(39)19-8-9-33-28(13-19)36-22-6-5-7-22/h8-10,12-13,17,22,24-25,38H,5-7,11,14-16H2,1-4H3,(H,33,36)(H,34,39)/t24-,25+/m0/s1. The Kier molecular flexibility index (Phi) is 8.86. The van der Waals surface area contributed by atoms with E-state index in [-0.39, 0.29) is 37.8 Å². The number of amides is 2. The molecule has 230 valence electrons. The second kappa shape index (κ2) is 12.6. The molecule has 0 radical (unpaired) electrons. The Balaban J connectivity index is 1.30. The molecule has 3 N–H and O–H groups in total. The number of hydrogen-bond donors (Lipinski definition) is 3. The number of carbonyl (C=O) groups excluding carboxylic acids is 2. The highest BCUT2D eigenvalue weighted by atomic mass is 19.1. The van der Waals surface area contributed by atoms with Crippen LogP contribution in [-0.2, 0) is 24.3 Å². The maximum absolute atomic E-state index is 15.1. The van der Waals surface area contributed by atoms with Crippen molar-refractivity contribution in [2.75, 3.05) is 11.9 Å². The van der Waals surface area contributed by atoms with Crippen molar-refractivity contribution in [1.82, 2.24) is 20.2 Å². The fourth-order valence-electron chi connectivity index (χ4n) is 5.04. The maximum Gasteiger partial charge on any atom is 0.410 e. The zero-order valence-corrected chi connectivity index (χ0v) is 24.9.